The molecule has 0 spiro atoms. The summed E-state index contributed by atoms with van der Waals surface area (Å²) in [5.74, 6) is 4.29. The molecule has 0 saturated carbocycles. The maximum atomic E-state index is 12.7. The highest BCUT2D eigenvalue weighted by atomic mass is 35.5. The summed E-state index contributed by atoms with van der Waals surface area (Å²) in [4.78, 5) is 25.1. The molecular formula is C17H17ClN2O3. The van der Waals surface area contributed by atoms with Gasteiger partial charge in [-0.25, -0.2) is 10.9 Å². The minimum absolute atomic E-state index is 0. The highest BCUT2D eigenvalue weighted by Gasteiger charge is 2.36. The average Bonchev–Trinajstić information content (AvgIpc) is 2.63. The van der Waals surface area contributed by atoms with Crippen LogP contribution < -0.4 is 10.9 Å². The maximum Gasteiger partial charge on any atom is 0.256 e. The Morgan fingerprint density at radius 3 is 2.43 bits per heavy atom. The number of anilines is 1. The van der Waals surface area contributed by atoms with E-state index in [1.807, 2.05) is 36.4 Å². The molecule has 120 valence electrons. The fourth-order valence-electron chi connectivity index (χ4n) is 2.83. The predicted molar refractivity (Wildman–Crippen MR) is 90.4 cm³/mol. The molecule has 3 rings (SSSR count). The van der Waals surface area contributed by atoms with Gasteiger partial charge in [0.1, 0.15) is 12.5 Å². The summed E-state index contributed by atoms with van der Waals surface area (Å²) >= 11 is 0. The lowest BCUT2D eigenvalue weighted by atomic mass is 9.88. The van der Waals surface area contributed by atoms with Crippen LogP contribution in [0.15, 0.2) is 48.5 Å². The van der Waals surface area contributed by atoms with Crippen LogP contribution in [0.1, 0.15) is 11.5 Å². The first-order chi connectivity index (χ1) is 10.6. The first-order valence-electron chi connectivity index (χ1n) is 6.93. The molecule has 1 amide bonds. The summed E-state index contributed by atoms with van der Waals surface area (Å²) in [6, 6.07) is 14.7. The van der Waals surface area contributed by atoms with Crippen LogP contribution in [0.5, 0.6) is 0 Å². The van der Waals surface area contributed by atoms with Crippen LogP contribution in [0.2, 0.25) is 0 Å². The molecule has 2 N–H and O–H groups in total. The third kappa shape index (κ3) is 2.86. The van der Waals surface area contributed by atoms with Crippen molar-refractivity contribution in [2.45, 2.75) is 5.92 Å². The molecule has 0 fully saturated rings. The molecule has 5 nitrogen and oxygen atoms in total. The van der Waals surface area contributed by atoms with Gasteiger partial charge in [0.2, 0.25) is 0 Å². The van der Waals surface area contributed by atoms with Gasteiger partial charge in [-0.15, -0.1) is 12.4 Å². The number of carbonyl (C=O) groups is 2. The number of hydrazine groups is 1. The van der Waals surface area contributed by atoms with Crippen molar-refractivity contribution >= 4 is 29.8 Å². The number of ketones is 1. The number of hydrogen-bond donors (Lipinski definition) is 1. The standard InChI is InChI=1S/C17H16N2O3.ClH/c1-22-10-15(20)16-13-8-3-2-6-11(13)12-7-4-5-9-14(12)19(18)17(16)21;/h2-9,16H,10,18H2,1H3;1H. The first kappa shape index (κ1) is 17.1. The number of amides is 1. The van der Waals surface area contributed by atoms with Crippen LogP contribution in [0.4, 0.5) is 5.69 Å². The van der Waals surface area contributed by atoms with Crippen LogP contribution in [0.25, 0.3) is 11.1 Å². The van der Waals surface area contributed by atoms with Gasteiger partial charge in [0.25, 0.3) is 5.91 Å². The lowest BCUT2D eigenvalue weighted by Gasteiger charge is -2.20. The highest BCUT2D eigenvalue weighted by Crippen LogP contribution is 2.39. The Labute approximate surface area is 140 Å². The Balaban J connectivity index is 0.00000192. The van der Waals surface area contributed by atoms with Crippen molar-refractivity contribution in [1.29, 1.82) is 0 Å². The van der Waals surface area contributed by atoms with E-state index in [0.717, 1.165) is 16.1 Å². The number of benzene rings is 2. The second-order valence-corrected chi connectivity index (χ2v) is 5.14. The zero-order valence-electron chi connectivity index (χ0n) is 12.6. The Morgan fingerprint density at radius 2 is 1.74 bits per heavy atom. The van der Waals surface area contributed by atoms with Crippen LogP contribution in [0, 0.1) is 0 Å². The van der Waals surface area contributed by atoms with Crippen molar-refractivity contribution in [3.05, 3.63) is 54.1 Å². The van der Waals surface area contributed by atoms with E-state index in [1.165, 1.54) is 7.11 Å². The normalized spacial score (nSPS) is 16.0. The molecule has 0 saturated heterocycles. The van der Waals surface area contributed by atoms with E-state index in [9.17, 15) is 9.59 Å². The predicted octanol–water partition coefficient (Wildman–Crippen LogP) is 2.29. The number of nitrogens with zero attached hydrogens (tertiary/aromatic N) is 1. The van der Waals surface area contributed by atoms with Crippen molar-refractivity contribution in [3.8, 4) is 11.1 Å². The molecular weight excluding hydrogens is 316 g/mol. The van der Waals surface area contributed by atoms with E-state index in [2.05, 4.69) is 0 Å². The molecule has 1 heterocycles. The average molecular weight is 333 g/mol. The molecule has 23 heavy (non-hydrogen) atoms. The third-order valence-electron chi connectivity index (χ3n) is 3.82. The van der Waals surface area contributed by atoms with Gasteiger partial charge in [-0.05, 0) is 17.2 Å². The van der Waals surface area contributed by atoms with Crippen molar-refractivity contribution < 1.29 is 14.3 Å². The number of fused-ring (bicyclic) bond motifs is 3. The van der Waals surface area contributed by atoms with Gasteiger partial charge in [-0.1, -0.05) is 42.5 Å². The Hall–Kier alpha value is -2.21. The van der Waals surface area contributed by atoms with E-state index in [-0.39, 0.29) is 24.8 Å². The van der Waals surface area contributed by atoms with Crippen molar-refractivity contribution in [1.82, 2.24) is 0 Å². The molecule has 0 aromatic heterocycles. The summed E-state index contributed by atoms with van der Waals surface area (Å²) < 4.78 is 4.91. The van der Waals surface area contributed by atoms with Gasteiger partial charge in [0, 0.05) is 12.7 Å². The van der Waals surface area contributed by atoms with E-state index >= 15 is 0 Å². The summed E-state index contributed by atoms with van der Waals surface area (Å²) in [7, 11) is 1.43. The van der Waals surface area contributed by atoms with Crippen LogP contribution >= 0.6 is 12.4 Å². The number of nitrogens with two attached hydrogens (primary N) is 1. The fraction of sp³-hybridized carbons (Fsp3) is 0.176. The third-order valence-corrected chi connectivity index (χ3v) is 3.82. The minimum Gasteiger partial charge on any atom is -0.377 e. The van der Waals surface area contributed by atoms with Crippen LogP contribution in [-0.4, -0.2) is 25.4 Å². The van der Waals surface area contributed by atoms with Gasteiger partial charge < -0.3 is 4.74 Å². The fourth-order valence-corrected chi connectivity index (χ4v) is 2.83. The number of carbonyl (C=O) groups excluding carboxylic acids is 2. The second kappa shape index (κ2) is 6.91. The van der Waals surface area contributed by atoms with E-state index in [1.54, 1.807) is 12.1 Å². The van der Waals surface area contributed by atoms with Crippen molar-refractivity contribution in [2.24, 2.45) is 5.84 Å². The number of para-hydroxylation sites is 1. The lowest BCUT2D eigenvalue weighted by Crippen LogP contribution is -2.43. The Bertz CT molecular complexity index is 748. The Morgan fingerprint density at radius 1 is 1.13 bits per heavy atom. The smallest absolute Gasteiger partial charge is 0.256 e. The minimum atomic E-state index is -0.950. The molecule has 6 heteroatoms. The summed E-state index contributed by atoms with van der Waals surface area (Å²) in [5.41, 5.74) is 2.93. The monoisotopic (exact) mass is 332 g/mol. The number of methoxy groups -OCH3 is 1. The van der Waals surface area contributed by atoms with Crippen LogP contribution in [0.3, 0.4) is 0 Å². The zero-order valence-corrected chi connectivity index (χ0v) is 13.4. The molecule has 0 radical (unpaired) electrons. The maximum absolute atomic E-state index is 12.7. The molecule has 1 aliphatic rings. The van der Waals surface area contributed by atoms with E-state index in [4.69, 9.17) is 10.6 Å². The van der Waals surface area contributed by atoms with E-state index < -0.39 is 11.8 Å². The van der Waals surface area contributed by atoms with Crippen molar-refractivity contribution in [2.75, 3.05) is 18.7 Å². The lowest BCUT2D eigenvalue weighted by molar-refractivity contribution is -0.131. The van der Waals surface area contributed by atoms with Gasteiger partial charge in [0.05, 0.1) is 5.69 Å². The van der Waals surface area contributed by atoms with Crippen LogP contribution in [-0.2, 0) is 14.3 Å². The topological polar surface area (TPSA) is 72.6 Å². The highest BCUT2D eigenvalue weighted by molar-refractivity contribution is 6.16. The summed E-state index contributed by atoms with van der Waals surface area (Å²) in [5, 5.41) is 1.06. The first-order valence-corrected chi connectivity index (χ1v) is 6.93. The van der Waals surface area contributed by atoms with Gasteiger partial charge in [-0.3, -0.25) is 9.59 Å². The van der Waals surface area contributed by atoms with Gasteiger partial charge in [-0.2, -0.15) is 0 Å². The number of ether oxygens (including phenoxy) is 1. The summed E-state index contributed by atoms with van der Waals surface area (Å²) in [6.07, 6.45) is 0. The molecule has 1 aliphatic heterocycles. The van der Waals surface area contributed by atoms with Crippen molar-refractivity contribution in [3.63, 3.8) is 0 Å². The molecule has 0 aliphatic carbocycles. The SMILES string of the molecule is COCC(=O)C1C(=O)N(N)c2ccccc2-c2ccccc21.Cl. The summed E-state index contributed by atoms with van der Waals surface area (Å²) in [6.45, 7) is -0.130. The molecule has 0 bridgehead atoms. The Kier molecular flexibility index (Phi) is 5.15. The quantitative estimate of drug-likeness (QED) is 0.532. The number of rotatable bonds is 3. The molecule has 1 unspecified atom stereocenters. The number of Topliss-reactive ketones (excluding diaryl/α,β-unsaturated/α-hetero) is 1. The number of halogens is 1. The van der Waals surface area contributed by atoms with E-state index in [0.29, 0.717) is 11.3 Å². The molecule has 2 aromatic carbocycles. The van der Waals surface area contributed by atoms with Gasteiger partial charge >= 0.3 is 0 Å². The molecule has 2 aromatic rings. The zero-order chi connectivity index (χ0) is 15.7. The molecule has 1 atom stereocenters. The second-order valence-electron chi connectivity index (χ2n) is 5.14. The number of hydrogen-bond acceptors (Lipinski definition) is 4. The largest absolute Gasteiger partial charge is 0.377 e. The van der Waals surface area contributed by atoms with Gasteiger partial charge in [0.15, 0.2) is 5.78 Å².